The first-order chi connectivity index (χ1) is 46.5. The SMILES string of the molecule is COc1cccc(OC)c1-c1cc(C(=O)N[C@H](C(=O)O)C2CCCCC2)nn1-c1ccc(C(=O)N(C)CCCN(C)CCCN(C)C(=O)CCC(=O)NCCCOCCOCCOCCCNC(=O)CNCCN(CCN(CCNCC(=O)O)CC(=O)O)CC(=O)O)cc1C(C)C. The molecule has 1 heterocycles. The van der Waals surface area contributed by atoms with Crippen LogP contribution in [0.4, 0.5) is 0 Å². The molecule has 0 radical (unpaired) electrons. The Morgan fingerprint density at radius 3 is 1.68 bits per heavy atom. The molecular weight excluding hydrogens is 1260 g/mol. The molecule has 1 saturated carbocycles. The van der Waals surface area contributed by atoms with E-state index < -0.39 is 35.8 Å². The molecule has 0 spiro atoms. The second-order valence-corrected chi connectivity index (χ2v) is 24.4. The van der Waals surface area contributed by atoms with E-state index in [1.807, 2.05) is 33.0 Å². The molecule has 542 valence electrons. The van der Waals surface area contributed by atoms with Crippen molar-refractivity contribution in [2.24, 2.45) is 5.92 Å². The third kappa shape index (κ3) is 31.1. The number of carboxylic acid groups (broad SMARTS) is 4. The van der Waals surface area contributed by atoms with Crippen LogP contribution in [0.3, 0.4) is 0 Å². The summed E-state index contributed by atoms with van der Waals surface area (Å²) in [6.45, 7) is 10.4. The highest BCUT2D eigenvalue weighted by Crippen LogP contribution is 2.41. The number of hydrogen-bond acceptors (Lipinski definition) is 20. The van der Waals surface area contributed by atoms with Crippen LogP contribution in [0.1, 0.15) is 117 Å². The molecule has 30 nitrogen and oxygen atoms in total. The first kappa shape index (κ1) is 81.6. The van der Waals surface area contributed by atoms with Crippen LogP contribution in [0.2, 0.25) is 0 Å². The predicted octanol–water partition coefficient (Wildman–Crippen LogP) is 2.57. The fraction of sp³-hybridized carbons (Fsp3) is 0.642. The summed E-state index contributed by atoms with van der Waals surface area (Å²) in [5, 5.41) is 56.4. The zero-order valence-electron chi connectivity index (χ0n) is 57.7. The predicted molar refractivity (Wildman–Crippen MR) is 361 cm³/mol. The number of aliphatic carboxylic acids is 4. The van der Waals surface area contributed by atoms with Gasteiger partial charge in [0, 0.05) is 111 Å². The molecule has 1 aliphatic rings. The molecule has 1 aliphatic carbocycles. The minimum absolute atomic E-state index is 0.0138. The number of carbonyl (C=O) groups excluding carboxylic acids is 5. The lowest BCUT2D eigenvalue weighted by Crippen LogP contribution is -2.46. The number of hydrogen-bond donors (Lipinski definition) is 9. The summed E-state index contributed by atoms with van der Waals surface area (Å²) in [5.41, 5.74) is 2.91. The first-order valence-corrected chi connectivity index (χ1v) is 33.5. The molecule has 0 bridgehead atoms. The maximum absolute atomic E-state index is 14.0. The van der Waals surface area contributed by atoms with E-state index in [1.165, 1.54) is 14.2 Å². The van der Waals surface area contributed by atoms with E-state index in [9.17, 15) is 58.5 Å². The lowest BCUT2D eigenvalue weighted by atomic mass is 9.84. The Kier molecular flexibility index (Phi) is 38.4. The van der Waals surface area contributed by atoms with Crippen LogP contribution in [0, 0.1) is 5.92 Å². The monoisotopic (exact) mass is 1370 g/mol. The fourth-order valence-electron chi connectivity index (χ4n) is 11.1. The van der Waals surface area contributed by atoms with E-state index in [0.29, 0.717) is 152 Å². The van der Waals surface area contributed by atoms with Gasteiger partial charge in [0.15, 0.2) is 5.69 Å². The van der Waals surface area contributed by atoms with Crippen LogP contribution < -0.4 is 36.1 Å². The number of benzene rings is 2. The first-order valence-electron chi connectivity index (χ1n) is 33.5. The Labute approximate surface area is 569 Å². The van der Waals surface area contributed by atoms with Gasteiger partial charge in [-0.2, -0.15) is 5.10 Å². The third-order valence-electron chi connectivity index (χ3n) is 16.4. The summed E-state index contributed by atoms with van der Waals surface area (Å²) < 4.78 is 29.9. The van der Waals surface area contributed by atoms with Crippen molar-refractivity contribution >= 4 is 53.4 Å². The van der Waals surface area contributed by atoms with Crippen LogP contribution >= 0.6 is 0 Å². The zero-order valence-corrected chi connectivity index (χ0v) is 57.7. The Morgan fingerprint density at radius 1 is 0.598 bits per heavy atom. The van der Waals surface area contributed by atoms with Crippen LogP contribution in [0.15, 0.2) is 42.5 Å². The van der Waals surface area contributed by atoms with Gasteiger partial charge in [-0.05, 0) is 112 Å². The number of ether oxygens (including phenoxy) is 5. The Hall–Kier alpha value is -7.84. The molecule has 97 heavy (non-hydrogen) atoms. The van der Waals surface area contributed by atoms with Crippen molar-refractivity contribution in [3.8, 4) is 28.4 Å². The molecule has 3 aromatic rings. The Balaban J connectivity index is 1.05. The largest absolute Gasteiger partial charge is 0.496 e. The molecule has 1 atom stereocenters. The number of nitrogens with zero attached hydrogens (tertiary/aromatic N) is 7. The molecule has 0 saturated heterocycles. The van der Waals surface area contributed by atoms with Crippen molar-refractivity contribution in [1.29, 1.82) is 0 Å². The molecule has 5 amide bonds. The van der Waals surface area contributed by atoms with Gasteiger partial charge in [-0.25, -0.2) is 9.48 Å². The average Bonchev–Trinajstić information content (AvgIpc) is 1.67. The van der Waals surface area contributed by atoms with Gasteiger partial charge < -0.3 is 85.4 Å². The van der Waals surface area contributed by atoms with Gasteiger partial charge in [-0.1, -0.05) is 39.2 Å². The molecule has 0 unspecified atom stereocenters. The summed E-state index contributed by atoms with van der Waals surface area (Å²) in [5.74, 6) is -4.92. The Bertz CT molecular complexity index is 2920. The highest BCUT2D eigenvalue weighted by atomic mass is 16.5. The molecule has 1 aromatic heterocycles. The quantitative estimate of drug-likeness (QED) is 0.0367. The van der Waals surface area contributed by atoms with Gasteiger partial charge in [0.05, 0.1) is 83.8 Å². The smallest absolute Gasteiger partial charge is 0.326 e. The summed E-state index contributed by atoms with van der Waals surface area (Å²) in [7, 11) is 8.57. The third-order valence-corrected chi connectivity index (χ3v) is 16.4. The zero-order chi connectivity index (χ0) is 71.1. The van der Waals surface area contributed by atoms with Gasteiger partial charge in [-0.15, -0.1) is 0 Å². The number of nitrogens with one attached hydrogen (secondary N) is 5. The number of methoxy groups -OCH3 is 2. The minimum atomic E-state index is -1.09. The van der Waals surface area contributed by atoms with Crippen molar-refractivity contribution in [2.75, 3.05) is 180 Å². The summed E-state index contributed by atoms with van der Waals surface area (Å²) in [6, 6.07) is 11.3. The maximum atomic E-state index is 14.0. The van der Waals surface area contributed by atoms with Gasteiger partial charge in [0.2, 0.25) is 17.7 Å². The van der Waals surface area contributed by atoms with E-state index >= 15 is 0 Å². The van der Waals surface area contributed by atoms with Crippen molar-refractivity contribution < 1.29 is 87.3 Å². The van der Waals surface area contributed by atoms with Crippen molar-refractivity contribution in [1.82, 2.24) is 60.9 Å². The number of carboxylic acids is 4. The van der Waals surface area contributed by atoms with Crippen LogP contribution in [-0.4, -0.2) is 294 Å². The molecule has 30 heteroatoms. The minimum Gasteiger partial charge on any atom is -0.496 e. The van der Waals surface area contributed by atoms with E-state index in [1.54, 1.807) is 68.7 Å². The van der Waals surface area contributed by atoms with E-state index in [0.717, 1.165) is 37.8 Å². The van der Waals surface area contributed by atoms with Gasteiger partial charge >= 0.3 is 23.9 Å². The maximum Gasteiger partial charge on any atom is 0.326 e. The van der Waals surface area contributed by atoms with Gasteiger partial charge in [0.25, 0.3) is 11.8 Å². The second kappa shape index (κ2) is 45.6. The van der Waals surface area contributed by atoms with Gasteiger partial charge in [0.1, 0.15) is 17.5 Å². The summed E-state index contributed by atoms with van der Waals surface area (Å²) >= 11 is 0. The highest BCUT2D eigenvalue weighted by molar-refractivity contribution is 5.97. The number of rotatable bonds is 52. The highest BCUT2D eigenvalue weighted by Gasteiger charge is 2.33. The van der Waals surface area contributed by atoms with Crippen molar-refractivity contribution in [3.05, 3.63) is 59.3 Å². The molecule has 0 aliphatic heterocycles. The van der Waals surface area contributed by atoms with Crippen molar-refractivity contribution in [2.45, 2.75) is 96.4 Å². The molecule has 4 rings (SSSR count). The average molecular weight is 1370 g/mol. The lowest BCUT2D eigenvalue weighted by Gasteiger charge is -2.27. The normalized spacial score (nSPS) is 12.8. The number of aromatic nitrogens is 2. The van der Waals surface area contributed by atoms with Crippen molar-refractivity contribution in [3.63, 3.8) is 0 Å². The van der Waals surface area contributed by atoms with Crippen LogP contribution in [0.25, 0.3) is 16.9 Å². The second-order valence-electron chi connectivity index (χ2n) is 24.4. The van der Waals surface area contributed by atoms with E-state index in [2.05, 4.69) is 31.5 Å². The lowest BCUT2D eigenvalue weighted by molar-refractivity contribution is -0.141. The summed E-state index contributed by atoms with van der Waals surface area (Å²) in [4.78, 5) is 120. The molecule has 1 fully saturated rings. The van der Waals surface area contributed by atoms with Gasteiger partial charge in [-0.3, -0.25) is 48.2 Å². The molecular formula is C67H106N12O18. The van der Waals surface area contributed by atoms with Crippen LogP contribution in [-0.2, 0) is 47.8 Å². The number of amides is 5. The fourth-order valence-corrected chi connectivity index (χ4v) is 11.1. The molecule has 2 aromatic carbocycles. The summed E-state index contributed by atoms with van der Waals surface area (Å²) in [6.07, 6.45) is 7.03. The van der Waals surface area contributed by atoms with Crippen LogP contribution in [0.5, 0.6) is 11.5 Å². The Morgan fingerprint density at radius 2 is 1.14 bits per heavy atom. The van der Waals surface area contributed by atoms with E-state index in [-0.39, 0.29) is 106 Å². The van der Waals surface area contributed by atoms with E-state index in [4.69, 9.17) is 33.9 Å². The molecule has 9 N–H and O–H groups in total. The number of carbonyl (C=O) groups is 9. The standard InChI is InChI=1S/C67H106N12O18/c1-48(2)51-42-50(20-21-53(51)79-54(63-55(93-6)18-11-19-56(63)94-7)43-52(73-79)65(89)72-64(67(91)92)49-16-9-8-10-17-49)66(90)76(5)31-15-29-74(3)28-14-30-75(4)59(82)23-22-57(80)70-24-12-36-95-38-40-97-41-39-96-37-13-25-71-58(81)44-68-26-32-77(46-61(85)86)34-35-78(47-62(87)88)33-27-69-45-60(83)84/h11,18-21,42-43,48-49,64,68-69H,8-10,12-17,22-41,44-47H2,1-7H3,(H,70,80)(H,71,81)(H,72,89)(H,83,84)(H,85,86)(H,87,88)(H,91,92)/t64-/m0/s1. The topological polar surface area (TPSA) is 375 Å².